The highest BCUT2D eigenvalue weighted by Crippen LogP contribution is 2.33. The second-order valence-corrected chi connectivity index (χ2v) is 3.60. The van der Waals surface area contributed by atoms with Gasteiger partial charge in [-0.15, -0.1) is 0 Å². The first-order valence-corrected chi connectivity index (χ1v) is 5.09. The lowest BCUT2D eigenvalue weighted by atomic mass is 10.00. The van der Waals surface area contributed by atoms with Crippen LogP contribution in [-0.4, -0.2) is 5.97 Å². The molecule has 0 aromatic carbocycles. The molecule has 0 aromatic rings. The van der Waals surface area contributed by atoms with Gasteiger partial charge >= 0.3 is 5.97 Å². The summed E-state index contributed by atoms with van der Waals surface area (Å²) < 4.78 is 5.19. The van der Waals surface area contributed by atoms with Crippen molar-refractivity contribution in [2.45, 2.75) is 32.6 Å². The lowest BCUT2D eigenvalue weighted by molar-refractivity contribution is -0.139. The van der Waals surface area contributed by atoms with Crippen molar-refractivity contribution >= 4 is 5.97 Å². The number of carbonyl (C=O) groups is 1. The molecule has 0 amide bonds. The number of esters is 1. The zero-order chi connectivity index (χ0) is 9.97. The van der Waals surface area contributed by atoms with E-state index in [9.17, 15) is 4.79 Å². The Morgan fingerprint density at radius 1 is 1.43 bits per heavy atom. The third-order valence-corrected chi connectivity index (χ3v) is 2.59. The van der Waals surface area contributed by atoms with Crippen molar-refractivity contribution in [1.82, 2.24) is 0 Å². The average molecular weight is 190 g/mol. The van der Waals surface area contributed by atoms with Crippen LogP contribution in [0.25, 0.3) is 0 Å². The van der Waals surface area contributed by atoms with E-state index in [4.69, 9.17) is 4.74 Å². The molecule has 0 fully saturated rings. The van der Waals surface area contributed by atoms with Crippen LogP contribution in [0.5, 0.6) is 0 Å². The van der Waals surface area contributed by atoms with Crippen LogP contribution in [0.3, 0.4) is 0 Å². The van der Waals surface area contributed by atoms with E-state index in [0.717, 1.165) is 25.0 Å². The first-order chi connectivity index (χ1) is 6.79. The van der Waals surface area contributed by atoms with Crippen LogP contribution in [-0.2, 0) is 9.53 Å². The Morgan fingerprint density at radius 2 is 2.29 bits per heavy atom. The number of allylic oxidation sites excluding steroid dienone is 5. The van der Waals surface area contributed by atoms with Gasteiger partial charge in [0.1, 0.15) is 5.76 Å². The van der Waals surface area contributed by atoms with Gasteiger partial charge in [0.05, 0.1) is 0 Å². The molecule has 0 N–H and O–H groups in total. The van der Waals surface area contributed by atoms with E-state index in [0.29, 0.717) is 6.42 Å². The highest BCUT2D eigenvalue weighted by atomic mass is 16.5. The molecule has 0 bridgehead atoms. The minimum atomic E-state index is -0.147. The monoisotopic (exact) mass is 190 g/mol. The summed E-state index contributed by atoms with van der Waals surface area (Å²) >= 11 is 0. The van der Waals surface area contributed by atoms with Crippen LogP contribution in [0, 0.1) is 0 Å². The van der Waals surface area contributed by atoms with Gasteiger partial charge in [-0.25, -0.2) is 0 Å². The summed E-state index contributed by atoms with van der Waals surface area (Å²) in [7, 11) is 0. The van der Waals surface area contributed by atoms with Gasteiger partial charge < -0.3 is 4.74 Å². The topological polar surface area (TPSA) is 26.3 Å². The maximum absolute atomic E-state index is 11.1. The van der Waals surface area contributed by atoms with E-state index >= 15 is 0 Å². The molecule has 0 saturated heterocycles. The fraction of sp³-hybridized carbons (Fsp3) is 0.417. The van der Waals surface area contributed by atoms with E-state index in [-0.39, 0.29) is 5.97 Å². The van der Waals surface area contributed by atoms with Gasteiger partial charge in [0, 0.05) is 12.8 Å². The lowest BCUT2D eigenvalue weighted by Crippen LogP contribution is -2.05. The molecule has 0 heterocycles. The summed E-state index contributed by atoms with van der Waals surface area (Å²) in [5.41, 5.74) is 2.74. The summed E-state index contributed by atoms with van der Waals surface area (Å²) in [4.78, 5) is 11.1. The van der Waals surface area contributed by atoms with Gasteiger partial charge in [-0.2, -0.15) is 0 Å². The van der Waals surface area contributed by atoms with E-state index < -0.39 is 0 Å². The Hall–Kier alpha value is -1.31. The van der Waals surface area contributed by atoms with Gasteiger partial charge in [-0.1, -0.05) is 19.1 Å². The highest BCUT2D eigenvalue weighted by Gasteiger charge is 2.17. The van der Waals surface area contributed by atoms with Crippen LogP contribution in [0.2, 0.25) is 0 Å². The quantitative estimate of drug-likeness (QED) is 0.626. The van der Waals surface area contributed by atoms with E-state index in [1.54, 1.807) is 0 Å². The molecule has 0 atom stereocenters. The van der Waals surface area contributed by atoms with Crippen LogP contribution >= 0.6 is 0 Å². The Kier molecular flexibility index (Phi) is 2.53. The molecular formula is C12H14O2. The predicted octanol–water partition coefficient (Wildman–Crippen LogP) is 2.87. The molecule has 2 aliphatic carbocycles. The average Bonchev–Trinajstić information content (AvgIpc) is 2.64. The van der Waals surface area contributed by atoms with Crippen molar-refractivity contribution in [2.24, 2.45) is 0 Å². The first-order valence-electron chi connectivity index (χ1n) is 5.09. The molecule has 0 unspecified atom stereocenters. The molecule has 0 radical (unpaired) electrons. The molecule has 74 valence electrons. The summed E-state index contributed by atoms with van der Waals surface area (Å²) in [5.74, 6) is 0.639. The molecule has 2 rings (SSSR count). The molecule has 0 spiro atoms. The maximum Gasteiger partial charge on any atom is 0.310 e. The standard InChI is InChI=1S/C12H14O2/c1-2-12(13)14-11-7-6-9-4-3-5-10(9)8-11/h5-7H,2-4,8H2,1H3. The summed E-state index contributed by atoms with van der Waals surface area (Å²) in [6.45, 7) is 1.81. The largest absolute Gasteiger partial charge is 0.431 e. The van der Waals surface area contributed by atoms with Crippen molar-refractivity contribution in [3.8, 4) is 0 Å². The second-order valence-electron chi connectivity index (χ2n) is 3.60. The zero-order valence-corrected chi connectivity index (χ0v) is 8.38. The zero-order valence-electron chi connectivity index (χ0n) is 8.38. The molecule has 14 heavy (non-hydrogen) atoms. The molecule has 2 nitrogen and oxygen atoms in total. The van der Waals surface area contributed by atoms with E-state index in [2.05, 4.69) is 12.2 Å². The van der Waals surface area contributed by atoms with Gasteiger partial charge in [-0.05, 0) is 30.1 Å². The number of carbonyl (C=O) groups excluding carboxylic acids is 1. The van der Waals surface area contributed by atoms with Crippen LogP contribution in [0.15, 0.2) is 35.1 Å². The number of fused-ring (bicyclic) bond motifs is 1. The minimum absolute atomic E-state index is 0.147. The van der Waals surface area contributed by atoms with Crippen molar-refractivity contribution in [3.05, 3.63) is 35.1 Å². The van der Waals surface area contributed by atoms with Gasteiger partial charge in [0.2, 0.25) is 0 Å². The molecule has 0 saturated carbocycles. The summed E-state index contributed by atoms with van der Waals surface area (Å²) in [6, 6.07) is 0. The summed E-state index contributed by atoms with van der Waals surface area (Å²) in [6.07, 6.45) is 9.72. The third-order valence-electron chi connectivity index (χ3n) is 2.59. The van der Waals surface area contributed by atoms with Crippen molar-refractivity contribution < 1.29 is 9.53 Å². The van der Waals surface area contributed by atoms with E-state index in [1.807, 2.05) is 13.0 Å². The van der Waals surface area contributed by atoms with Crippen molar-refractivity contribution in [3.63, 3.8) is 0 Å². The highest BCUT2D eigenvalue weighted by molar-refractivity contribution is 5.70. The predicted molar refractivity (Wildman–Crippen MR) is 54.5 cm³/mol. The van der Waals surface area contributed by atoms with Crippen molar-refractivity contribution in [2.75, 3.05) is 0 Å². The first kappa shape index (κ1) is 9.25. The van der Waals surface area contributed by atoms with Crippen molar-refractivity contribution in [1.29, 1.82) is 0 Å². The van der Waals surface area contributed by atoms with Crippen LogP contribution in [0.1, 0.15) is 32.6 Å². The normalized spacial score (nSPS) is 19.4. The Bertz CT molecular complexity index is 345. The number of ether oxygens (including phenoxy) is 1. The van der Waals surface area contributed by atoms with Crippen LogP contribution < -0.4 is 0 Å². The third kappa shape index (κ3) is 1.79. The SMILES string of the molecule is CCC(=O)OC1=CC=C2CCC=C2C1. The molecule has 2 aliphatic rings. The number of rotatable bonds is 2. The van der Waals surface area contributed by atoms with Gasteiger partial charge in [0.15, 0.2) is 0 Å². The second kappa shape index (κ2) is 3.82. The maximum atomic E-state index is 11.1. The lowest BCUT2D eigenvalue weighted by Gasteiger charge is -2.13. The smallest absolute Gasteiger partial charge is 0.310 e. The number of hydrogen-bond acceptors (Lipinski definition) is 2. The Labute approximate surface area is 83.9 Å². The fourth-order valence-corrected chi connectivity index (χ4v) is 1.80. The minimum Gasteiger partial charge on any atom is -0.431 e. The van der Waals surface area contributed by atoms with Gasteiger partial charge in [0.25, 0.3) is 0 Å². The Balaban J connectivity index is 2.06. The molecule has 2 heteroatoms. The fourth-order valence-electron chi connectivity index (χ4n) is 1.80. The molecular weight excluding hydrogens is 176 g/mol. The molecule has 0 aliphatic heterocycles. The summed E-state index contributed by atoms with van der Waals surface area (Å²) in [5, 5.41) is 0. The Morgan fingerprint density at radius 3 is 3.07 bits per heavy atom. The van der Waals surface area contributed by atoms with E-state index in [1.165, 1.54) is 11.1 Å². The van der Waals surface area contributed by atoms with Crippen LogP contribution in [0.4, 0.5) is 0 Å². The number of hydrogen-bond donors (Lipinski definition) is 0. The van der Waals surface area contributed by atoms with Gasteiger partial charge in [-0.3, -0.25) is 4.79 Å². The molecule has 0 aromatic heterocycles.